The monoisotopic (exact) mass is 801 g/mol. The van der Waals surface area contributed by atoms with E-state index in [1.807, 2.05) is 18.2 Å². The van der Waals surface area contributed by atoms with Crippen LogP contribution in [0.1, 0.15) is 30.9 Å². The van der Waals surface area contributed by atoms with Crippen molar-refractivity contribution in [2.75, 3.05) is 75.5 Å². The van der Waals surface area contributed by atoms with Crippen molar-refractivity contribution in [2.24, 2.45) is 9.98 Å². The summed E-state index contributed by atoms with van der Waals surface area (Å²) in [5.41, 5.74) is 8.91. The molecule has 0 saturated carbocycles. The summed E-state index contributed by atoms with van der Waals surface area (Å²) in [6, 6.07) is 10.5. The summed E-state index contributed by atoms with van der Waals surface area (Å²) in [7, 11) is 2.30. The van der Waals surface area contributed by atoms with E-state index in [4.69, 9.17) is 14.7 Å². The molecule has 2 saturated heterocycles. The van der Waals surface area contributed by atoms with Gasteiger partial charge in [0.1, 0.15) is 25.7 Å². The Morgan fingerprint density at radius 1 is 1.04 bits per heavy atom. The molecule has 4 heterocycles. The molecule has 0 aliphatic carbocycles. The molecule has 3 aliphatic rings. The van der Waals surface area contributed by atoms with Gasteiger partial charge in [0.25, 0.3) is 0 Å². The number of methoxy groups -OCH3 is 1. The lowest BCUT2D eigenvalue weighted by Crippen LogP contribution is -2.52. The summed E-state index contributed by atoms with van der Waals surface area (Å²) in [6.07, 6.45) is 6.69. The van der Waals surface area contributed by atoms with Gasteiger partial charge in [0, 0.05) is 75.0 Å². The van der Waals surface area contributed by atoms with Crippen molar-refractivity contribution in [3.63, 3.8) is 0 Å². The van der Waals surface area contributed by atoms with Crippen LogP contribution in [0.15, 0.2) is 51.0 Å². The van der Waals surface area contributed by atoms with Crippen molar-refractivity contribution >= 4 is 78.5 Å². The lowest BCUT2D eigenvalue weighted by atomic mass is 9.99. The Morgan fingerprint density at radius 3 is 2.46 bits per heavy atom. The second-order valence-electron chi connectivity index (χ2n) is 14.6. The van der Waals surface area contributed by atoms with E-state index in [-0.39, 0.29) is 14.5 Å². The smallest absolute Gasteiger partial charge is 0.229 e. The predicted octanol–water partition coefficient (Wildman–Crippen LogP) is 6.55. The number of nitrogens with one attached hydrogen (secondary N) is 2. The minimum absolute atomic E-state index is 0.118. The van der Waals surface area contributed by atoms with Gasteiger partial charge in [-0.1, -0.05) is 38.6 Å². The zero-order valence-corrected chi connectivity index (χ0v) is 34.5. The van der Waals surface area contributed by atoms with E-state index in [1.54, 1.807) is 19.5 Å². The van der Waals surface area contributed by atoms with Crippen molar-refractivity contribution < 1.29 is 9.30 Å². The maximum absolute atomic E-state index is 12.3. The van der Waals surface area contributed by atoms with Gasteiger partial charge in [-0.05, 0) is 66.0 Å². The van der Waals surface area contributed by atoms with Crippen LogP contribution in [-0.4, -0.2) is 112 Å². The normalized spacial score (nSPS) is 18.9. The topological polar surface area (TPSA) is 111 Å². The number of ether oxygens (including phenoxy) is 1. The molecule has 52 heavy (non-hydrogen) atoms. The van der Waals surface area contributed by atoms with Gasteiger partial charge in [0.2, 0.25) is 5.95 Å². The molecule has 6 rings (SSSR count). The molecular formula is C38H49BrN9O2PSi. The van der Waals surface area contributed by atoms with Gasteiger partial charge in [-0.3, -0.25) is 19.4 Å². The van der Waals surface area contributed by atoms with Crippen LogP contribution >= 0.6 is 24.4 Å². The Hall–Kier alpha value is -3.66. The third kappa shape index (κ3) is 9.46. The standard InChI is InChI=1S/C38H49BrN9O2PSi/c1-7-26-20-32(35(50-3)22-34(26)48-13-10-29(11-14-48)47-17-15-46(2)16-18-47)44-38-42-24-30(39)37(45-38)43-31-9-8-27(21-36(31)51-49)33-25-40-28(23-41-33)12-19-52(4,5)6/h8-9,20-22,24-25,28-29H,7,10-11,13-18,23H2,1-6H3,(H2,42,43,44,45). The molecule has 3 aliphatic heterocycles. The highest BCUT2D eigenvalue weighted by Gasteiger charge is 2.28. The molecule has 3 aromatic rings. The number of hydrogen-bond acceptors (Lipinski definition) is 11. The average molecular weight is 803 g/mol. The Labute approximate surface area is 319 Å². The third-order valence-electron chi connectivity index (χ3n) is 9.70. The zero-order valence-electron chi connectivity index (χ0n) is 31.0. The summed E-state index contributed by atoms with van der Waals surface area (Å²) >= 11 is 3.59. The van der Waals surface area contributed by atoms with Gasteiger partial charge in [-0.15, -0.1) is 5.54 Å². The van der Waals surface area contributed by atoms with Gasteiger partial charge < -0.3 is 25.2 Å². The molecule has 2 aromatic carbocycles. The van der Waals surface area contributed by atoms with E-state index < -0.39 is 8.07 Å². The molecule has 274 valence electrons. The lowest BCUT2D eigenvalue weighted by molar-refractivity contribution is 0.0982. The number of rotatable bonds is 10. The number of halogens is 1. The van der Waals surface area contributed by atoms with Crippen LogP contribution in [-0.2, 0) is 11.0 Å². The first-order valence-electron chi connectivity index (χ1n) is 18.1. The Kier molecular flexibility index (Phi) is 12.4. The Morgan fingerprint density at radius 2 is 1.81 bits per heavy atom. The van der Waals surface area contributed by atoms with Crippen molar-refractivity contribution in [1.82, 2.24) is 19.8 Å². The van der Waals surface area contributed by atoms with Crippen molar-refractivity contribution in [3.8, 4) is 17.2 Å². The number of nitrogens with zero attached hydrogens (tertiary/aromatic N) is 7. The minimum Gasteiger partial charge on any atom is -0.494 e. The molecule has 1 atom stereocenters. The third-order valence-corrected chi connectivity index (χ3v) is 11.7. The number of aliphatic imine (C=N–C) groups is 2. The number of piperidine rings is 1. The summed E-state index contributed by atoms with van der Waals surface area (Å²) in [5, 5.41) is 7.32. The van der Waals surface area contributed by atoms with Crippen LogP contribution in [0.4, 0.5) is 28.8 Å². The van der Waals surface area contributed by atoms with Gasteiger partial charge >= 0.3 is 0 Å². The van der Waals surface area contributed by atoms with Crippen LogP contribution in [0.5, 0.6) is 5.75 Å². The summed E-state index contributed by atoms with van der Waals surface area (Å²) < 4.78 is 18.9. The number of piperazine rings is 1. The molecule has 2 fully saturated rings. The van der Waals surface area contributed by atoms with Gasteiger partial charge in [-0.2, -0.15) is 4.98 Å². The molecule has 1 unspecified atom stereocenters. The fraction of sp³-hybridized carbons (Fsp3) is 0.474. The van der Waals surface area contributed by atoms with E-state index in [0.29, 0.717) is 39.8 Å². The van der Waals surface area contributed by atoms with E-state index in [0.717, 1.165) is 55.3 Å². The van der Waals surface area contributed by atoms with Crippen LogP contribution in [0.2, 0.25) is 19.6 Å². The first kappa shape index (κ1) is 38.1. The number of aryl methyl sites for hydroxylation is 1. The molecule has 0 amide bonds. The largest absolute Gasteiger partial charge is 0.494 e. The number of aromatic nitrogens is 2. The maximum Gasteiger partial charge on any atom is 0.229 e. The van der Waals surface area contributed by atoms with Crippen LogP contribution in [0.3, 0.4) is 0 Å². The lowest BCUT2D eigenvalue weighted by Gasteiger charge is -2.43. The highest BCUT2D eigenvalue weighted by Crippen LogP contribution is 2.37. The number of anilines is 5. The minimum atomic E-state index is -1.48. The molecule has 0 radical (unpaired) electrons. The molecule has 0 bridgehead atoms. The summed E-state index contributed by atoms with van der Waals surface area (Å²) in [6.45, 7) is 16.1. The summed E-state index contributed by atoms with van der Waals surface area (Å²) in [5.74, 6) is 4.95. The van der Waals surface area contributed by atoms with Gasteiger partial charge in [0.05, 0.1) is 40.5 Å². The predicted molar refractivity (Wildman–Crippen MR) is 221 cm³/mol. The molecule has 14 heteroatoms. The van der Waals surface area contributed by atoms with E-state index in [2.05, 4.69) is 108 Å². The first-order chi connectivity index (χ1) is 25.0. The van der Waals surface area contributed by atoms with Crippen molar-refractivity contribution in [1.29, 1.82) is 0 Å². The Balaban J connectivity index is 1.15. The number of hydrogen-bond donors (Lipinski definition) is 2. The molecule has 0 spiro atoms. The molecular weight excluding hydrogens is 753 g/mol. The zero-order chi connectivity index (χ0) is 36.8. The fourth-order valence-corrected chi connectivity index (χ4v) is 8.04. The second-order valence-corrected chi connectivity index (χ2v) is 20.9. The van der Waals surface area contributed by atoms with Crippen molar-refractivity contribution in [3.05, 3.63) is 52.1 Å². The van der Waals surface area contributed by atoms with Gasteiger partial charge in [-0.25, -0.2) is 4.98 Å². The highest BCUT2D eigenvalue weighted by atomic mass is 79.9. The molecule has 1 aromatic heterocycles. The molecule has 2 N–H and O–H groups in total. The van der Waals surface area contributed by atoms with Crippen molar-refractivity contribution in [2.45, 2.75) is 57.9 Å². The average Bonchev–Trinajstić information content (AvgIpc) is 3.15. The van der Waals surface area contributed by atoms with E-state index in [1.165, 1.54) is 37.2 Å². The second kappa shape index (κ2) is 17.0. The number of likely N-dealkylation sites (N-methyl/N-ethyl adjacent to an activating group) is 1. The van der Waals surface area contributed by atoms with Gasteiger partial charge in [0.15, 0.2) is 8.46 Å². The number of benzene rings is 2. The quantitative estimate of drug-likeness (QED) is 0.134. The SMILES string of the molecule is CCc1cc(Nc2ncc(Br)c(Nc3ccc(C4=NCC(C#C[Si](C)(C)C)N=C4)cc3P=O)n2)c(OC)cc1N1CCC(N2CCN(C)CC2)CC1. The Bertz CT molecular complexity index is 1890. The van der Waals surface area contributed by atoms with Crippen LogP contribution in [0.25, 0.3) is 0 Å². The van der Waals surface area contributed by atoms with E-state index >= 15 is 0 Å². The van der Waals surface area contributed by atoms with Crippen LogP contribution < -0.4 is 25.6 Å². The first-order valence-corrected chi connectivity index (χ1v) is 23.2. The maximum atomic E-state index is 12.3. The van der Waals surface area contributed by atoms with E-state index in [9.17, 15) is 4.57 Å². The molecule has 11 nitrogen and oxygen atoms in total. The highest BCUT2D eigenvalue weighted by molar-refractivity contribution is 9.10. The van der Waals surface area contributed by atoms with Crippen LogP contribution in [0, 0.1) is 11.5 Å². The summed E-state index contributed by atoms with van der Waals surface area (Å²) in [4.78, 5) is 26.3. The fourth-order valence-electron chi connectivity index (χ4n) is 6.73.